The van der Waals surface area contributed by atoms with Crippen LogP contribution in [-0.4, -0.2) is 72.6 Å². The molecule has 0 N–H and O–H groups in total. The second kappa shape index (κ2) is 9.48. The van der Waals surface area contributed by atoms with Crippen molar-refractivity contribution >= 4 is 11.8 Å². The Morgan fingerprint density at radius 2 is 1.59 bits per heavy atom. The van der Waals surface area contributed by atoms with Gasteiger partial charge in [-0.25, -0.2) is 0 Å². The van der Waals surface area contributed by atoms with Crippen LogP contribution in [0.15, 0.2) is 18.2 Å². The Bertz CT molecular complexity index is 717. The molecule has 29 heavy (non-hydrogen) atoms. The Morgan fingerprint density at radius 3 is 2.21 bits per heavy atom. The number of piperazine rings is 1. The highest BCUT2D eigenvalue weighted by atomic mass is 16.7. The highest BCUT2D eigenvalue weighted by molar-refractivity contribution is 6.34. The number of carbonyl (C=O) groups excluding carboxylic acids is 2. The van der Waals surface area contributed by atoms with E-state index in [4.69, 9.17) is 9.47 Å². The van der Waals surface area contributed by atoms with Crippen LogP contribution in [0.5, 0.6) is 11.5 Å². The van der Waals surface area contributed by atoms with Crippen LogP contribution in [0.3, 0.4) is 0 Å². The lowest BCUT2D eigenvalue weighted by atomic mass is 10.1. The molecule has 0 saturated carbocycles. The summed E-state index contributed by atoms with van der Waals surface area (Å²) in [6.07, 6.45) is 0. The number of benzene rings is 1. The van der Waals surface area contributed by atoms with E-state index in [0.29, 0.717) is 38.0 Å². The molecule has 2 heterocycles. The molecule has 0 spiro atoms. The van der Waals surface area contributed by atoms with Gasteiger partial charge >= 0.3 is 11.8 Å². The minimum absolute atomic E-state index is 0.276. The van der Waals surface area contributed by atoms with Gasteiger partial charge in [-0.15, -0.1) is 0 Å². The molecule has 0 bridgehead atoms. The second-order valence-corrected chi connectivity index (χ2v) is 8.75. The first-order valence-corrected chi connectivity index (χ1v) is 10.5. The summed E-state index contributed by atoms with van der Waals surface area (Å²) in [6, 6.07) is 6.00. The summed E-state index contributed by atoms with van der Waals surface area (Å²) >= 11 is 0. The zero-order valence-electron chi connectivity index (χ0n) is 18.0. The lowest BCUT2D eigenvalue weighted by molar-refractivity contribution is -0.153. The van der Waals surface area contributed by atoms with Crippen LogP contribution in [0.2, 0.25) is 0 Å². The van der Waals surface area contributed by atoms with Crippen molar-refractivity contribution in [2.24, 2.45) is 11.8 Å². The van der Waals surface area contributed by atoms with Gasteiger partial charge in [0.2, 0.25) is 6.79 Å². The van der Waals surface area contributed by atoms with Crippen LogP contribution < -0.4 is 9.47 Å². The number of nitrogens with zero attached hydrogens (tertiary/aromatic N) is 3. The Morgan fingerprint density at radius 1 is 0.966 bits per heavy atom. The number of rotatable bonds is 6. The summed E-state index contributed by atoms with van der Waals surface area (Å²) in [5.41, 5.74) is 1.16. The van der Waals surface area contributed by atoms with E-state index in [1.54, 1.807) is 9.80 Å². The standard InChI is InChI=1S/C22H33N3O4/c1-16(2)12-25(13-17(3)4)22(27)21(26)24-9-7-23(8-10-24)14-18-5-6-19-20(11-18)29-15-28-19/h5-6,11,16-17H,7-10,12-15H2,1-4H3. The summed E-state index contributed by atoms with van der Waals surface area (Å²) in [4.78, 5) is 31.3. The molecule has 7 nitrogen and oxygen atoms in total. The van der Waals surface area contributed by atoms with Gasteiger partial charge in [0.15, 0.2) is 11.5 Å². The van der Waals surface area contributed by atoms with Crippen molar-refractivity contribution in [3.8, 4) is 11.5 Å². The van der Waals surface area contributed by atoms with E-state index in [0.717, 1.165) is 36.7 Å². The molecule has 7 heteroatoms. The minimum atomic E-state index is -0.367. The Hall–Kier alpha value is -2.28. The zero-order valence-corrected chi connectivity index (χ0v) is 18.0. The minimum Gasteiger partial charge on any atom is -0.454 e. The molecule has 2 aliphatic rings. The van der Waals surface area contributed by atoms with Crippen molar-refractivity contribution in [1.82, 2.24) is 14.7 Å². The SMILES string of the molecule is CC(C)CN(CC(C)C)C(=O)C(=O)N1CCN(Cc2ccc3c(c2)OCO3)CC1. The quantitative estimate of drug-likeness (QED) is 0.682. The van der Waals surface area contributed by atoms with Crippen LogP contribution in [0.1, 0.15) is 33.3 Å². The molecule has 1 saturated heterocycles. The predicted octanol–water partition coefficient (Wildman–Crippen LogP) is 2.20. The second-order valence-electron chi connectivity index (χ2n) is 8.75. The molecule has 1 aromatic carbocycles. The lowest BCUT2D eigenvalue weighted by Crippen LogP contribution is -2.53. The number of fused-ring (bicyclic) bond motifs is 1. The van der Waals surface area contributed by atoms with Crippen molar-refractivity contribution in [3.63, 3.8) is 0 Å². The van der Waals surface area contributed by atoms with Crippen LogP contribution >= 0.6 is 0 Å². The van der Waals surface area contributed by atoms with E-state index >= 15 is 0 Å². The first kappa shape index (κ1) is 21.4. The molecular weight excluding hydrogens is 370 g/mol. The molecule has 2 aliphatic heterocycles. The maximum atomic E-state index is 12.8. The fourth-order valence-electron chi connectivity index (χ4n) is 3.80. The Labute approximate surface area is 173 Å². The number of hydrogen-bond donors (Lipinski definition) is 0. The van der Waals surface area contributed by atoms with E-state index in [9.17, 15) is 9.59 Å². The Balaban J connectivity index is 1.52. The Kier molecular flexibility index (Phi) is 7.00. The summed E-state index contributed by atoms with van der Waals surface area (Å²) in [5, 5.41) is 0. The zero-order chi connectivity index (χ0) is 21.0. The molecule has 0 aliphatic carbocycles. The topological polar surface area (TPSA) is 62.3 Å². The molecule has 0 atom stereocenters. The van der Waals surface area contributed by atoms with E-state index in [2.05, 4.69) is 32.6 Å². The average Bonchev–Trinajstić information content (AvgIpc) is 3.14. The molecule has 1 aromatic rings. The molecular formula is C22H33N3O4. The summed E-state index contributed by atoms with van der Waals surface area (Å²) in [7, 11) is 0. The van der Waals surface area contributed by atoms with Gasteiger partial charge in [-0.2, -0.15) is 0 Å². The van der Waals surface area contributed by atoms with Crippen molar-refractivity contribution in [3.05, 3.63) is 23.8 Å². The van der Waals surface area contributed by atoms with E-state index < -0.39 is 0 Å². The van der Waals surface area contributed by atoms with Gasteiger partial charge in [-0.05, 0) is 29.5 Å². The number of ether oxygens (including phenoxy) is 2. The molecule has 2 amide bonds. The van der Waals surface area contributed by atoms with E-state index in [1.165, 1.54) is 0 Å². The van der Waals surface area contributed by atoms with E-state index in [1.807, 2.05) is 18.2 Å². The van der Waals surface area contributed by atoms with Gasteiger partial charge in [0, 0.05) is 45.8 Å². The smallest absolute Gasteiger partial charge is 0.312 e. The first-order valence-electron chi connectivity index (χ1n) is 10.5. The fourth-order valence-corrected chi connectivity index (χ4v) is 3.80. The number of hydrogen-bond acceptors (Lipinski definition) is 5. The summed E-state index contributed by atoms with van der Waals surface area (Å²) in [6.45, 7) is 13.2. The van der Waals surface area contributed by atoms with Crippen molar-refractivity contribution in [1.29, 1.82) is 0 Å². The normalized spacial score (nSPS) is 16.6. The van der Waals surface area contributed by atoms with Crippen LogP contribution in [0.4, 0.5) is 0 Å². The molecule has 3 rings (SSSR count). The third kappa shape index (κ3) is 5.63. The first-order chi connectivity index (χ1) is 13.8. The van der Waals surface area contributed by atoms with Gasteiger partial charge in [0.1, 0.15) is 0 Å². The predicted molar refractivity (Wildman–Crippen MR) is 111 cm³/mol. The van der Waals surface area contributed by atoms with Crippen molar-refractivity contribution < 1.29 is 19.1 Å². The molecule has 0 aromatic heterocycles. The highest BCUT2D eigenvalue weighted by Gasteiger charge is 2.30. The van der Waals surface area contributed by atoms with E-state index in [-0.39, 0.29) is 18.6 Å². The summed E-state index contributed by atoms with van der Waals surface area (Å²) in [5.74, 6) is 1.52. The third-order valence-corrected chi connectivity index (χ3v) is 5.14. The van der Waals surface area contributed by atoms with Crippen molar-refractivity contribution in [2.75, 3.05) is 46.1 Å². The largest absolute Gasteiger partial charge is 0.454 e. The van der Waals surface area contributed by atoms with Crippen LogP contribution in [0.25, 0.3) is 0 Å². The van der Waals surface area contributed by atoms with Crippen LogP contribution in [0, 0.1) is 11.8 Å². The molecule has 1 fully saturated rings. The fraction of sp³-hybridized carbons (Fsp3) is 0.636. The van der Waals surface area contributed by atoms with Gasteiger partial charge in [-0.3, -0.25) is 14.5 Å². The van der Waals surface area contributed by atoms with Gasteiger partial charge in [0.05, 0.1) is 0 Å². The average molecular weight is 404 g/mol. The monoisotopic (exact) mass is 403 g/mol. The summed E-state index contributed by atoms with van der Waals surface area (Å²) < 4.78 is 10.8. The van der Waals surface area contributed by atoms with Crippen molar-refractivity contribution in [2.45, 2.75) is 34.2 Å². The molecule has 160 valence electrons. The van der Waals surface area contributed by atoms with Gasteiger partial charge in [-0.1, -0.05) is 33.8 Å². The lowest BCUT2D eigenvalue weighted by Gasteiger charge is -2.35. The molecule has 0 unspecified atom stereocenters. The highest BCUT2D eigenvalue weighted by Crippen LogP contribution is 2.32. The number of carbonyl (C=O) groups is 2. The maximum Gasteiger partial charge on any atom is 0.312 e. The third-order valence-electron chi connectivity index (χ3n) is 5.14. The number of amides is 2. The molecule has 0 radical (unpaired) electrons. The van der Waals surface area contributed by atoms with Gasteiger partial charge in [0.25, 0.3) is 0 Å². The maximum absolute atomic E-state index is 12.8. The van der Waals surface area contributed by atoms with Gasteiger partial charge < -0.3 is 19.3 Å². The van der Waals surface area contributed by atoms with Crippen LogP contribution in [-0.2, 0) is 16.1 Å².